The lowest BCUT2D eigenvalue weighted by Crippen LogP contribution is -1.86. The number of thiophene rings is 1. The zero-order valence-corrected chi connectivity index (χ0v) is 6.61. The summed E-state index contributed by atoms with van der Waals surface area (Å²) in [6.07, 6.45) is 3.30. The van der Waals surface area contributed by atoms with E-state index in [2.05, 4.69) is 0 Å². The van der Waals surface area contributed by atoms with Crippen LogP contribution in [0.1, 0.15) is 10.4 Å². The van der Waals surface area contributed by atoms with Crippen molar-refractivity contribution in [3.63, 3.8) is 0 Å². The Morgan fingerprint density at radius 1 is 1.60 bits per heavy atom. The van der Waals surface area contributed by atoms with Crippen LogP contribution in [0.15, 0.2) is 11.6 Å². The molecule has 4 N–H and O–H groups in total. The number of hydrogen-bond donors (Lipinski definition) is 2. The first-order chi connectivity index (χ1) is 4.75. The number of hydrogen-bond acceptors (Lipinski definition) is 3. The van der Waals surface area contributed by atoms with E-state index in [9.17, 15) is 0 Å². The fourth-order valence-corrected chi connectivity index (χ4v) is 1.47. The summed E-state index contributed by atoms with van der Waals surface area (Å²) in [5, 5.41) is 1.99. The predicted molar refractivity (Wildman–Crippen MR) is 46.7 cm³/mol. The van der Waals surface area contributed by atoms with E-state index in [1.165, 1.54) is 6.20 Å². The summed E-state index contributed by atoms with van der Waals surface area (Å²) in [6, 6.07) is 0. The lowest BCUT2D eigenvalue weighted by Gasteiger charge is -1.89. The summed E-state index contributed by atoms with van der Waals surface area (Å²) in [6.45, 7) is 1.99. The van der Waals surface area contributed by atoms with E-state index in [-0.39, 0.29) is 0 Å². The van der Waals surface area contributed by atoms with E-state index in [1.807, 2.05) is 12.3 Å². The van der Waals surface area contributed by atoms with Crippen LogP contribution >= 0.6 is 11.3 Å². The van der Waals surface area contributed by atoms with E-state index >= 15 is 0 Å². The van der Waals surface area contributed by atoms with Crippen LogP contribution < -0.4 is 11.5 Å². The third kappa shape index (κ3) is 1.14. The van der Waals surface area contributed by atoms with Crippen molar-refractivity contribution in [2.45, 2.75) is 6.92 Å². The van der Waals surface area contributed by atoms with Gasteiger partial charge in [-0.2, -0.15) is 0 Å². The van der Waals surface area contributed by atoms with E-state index in [4.69, 9.17) is 11.5 Å². The number of anilines is 1. The molecule has 1 heterocycles. The van der Waals surface area contributed by atoms with Crippen molar-refractivity contribution < 1.29 is 0 Å². The highest BCUT2D eigenvalue weighted by Crippen LogP contribution is 2.24. The molecule has 0 aliphatic carbocycles. The molecular formula is C7H10N2S. The van der Waals surface area contributed by atoms with Gasteiger partial charge >= 0.3 is 0 Å². The maximum Gasteiger partial charge on any atom is 0.0526 e. The predicted octanol–water partition coefficient (Wildman–Crippen LogP) is 1.57. The highest BCUT2D eigenvalue weighted by atomic mass is 32.1. The van der Waals surface area contributed by atoms with Crippen LogP contribution in [0.4, 0.5) is 5.69 Å². The van der Waals surface area contributed by atoms with Crippen molar-refractivity contribution in [2.24, 2.45) is 5.73 Å². The summed E-state index contributed by atoms with van der Waals surface area (Å²) >= 11 is 1.64. The lowest BCUT2D eigenvalue weighted by molar-refractivity contribution is 1.59. The first-order valence-corrected chi connectivity index (χ1v) is 3.85. The third-order valence-electron chi connectivity index (χ3n) is 1.33. The fraction of sp³-hybridized carbons (Fsp3) is 0.143. The molecule has 2 nitrogen and oxygen atoms in total. The maximum absolute atomic E-state index is 5.69. The summed E-state index contributed by atoms with van der Waals surface area (Å²) in [7, 11) is 0. The number of nitrogens with two attached hydrogens (primary N) is 2. The molecule has 0 fully saturated rings. The molecule has 0 spiro atoms. The van der Waals surface area contributed by atoms with Gasteiger partial charge in [-0.3, -0.25) is 0 Å². The molecule has 0 amide bonds. The lowest BCUT2D eigenvalue weighted by atomic mass is 10.2. The minimum absolute atomic E-state index is 0.840. The highest BCUT2D eigenvalue weighted by Gasteiger charge is 1.99. The van der Waals surface area contributed by atoms with E-state index in [0.29, 0.717) is 0 Å². The first kappa shape index (κ1) is 7.15. The topological polar surface area (TPSA) is 52.0 Å². The van der Waals surface area contributed by atoms with Gasteiger partial charge in [-0.25, -0.2) is 0 Å². The molecule has 3 heteroatoms. The largest absolute Gasteiger partial charge is 0.405 e. The zero-order valence-electron chi connectivity index (χ0n) is 5.79. The van der Waals surface area contributed by atoms with Gasteiger partial charge in [0.2, 0.25) is 0 Å². The zero-order chi connectivity index (χ0) is 7.56. The fourth-order valence-electron chi connectivity index (χ4n) is 0.715. The highest BCUT2D eigenvalue weighted by molar-refractivity contribution is 7.10. The van der Waals surface area contributed by atoms with Crippen molar-refractivity contribution in [2.75, 3.05) is 5.73 Å². The molecule has 1 aromatic rings. The standard InChI is InChI=1S/C7H10N2S/c1-5-7(9)6(2-3-8)4-10-5/h2-4H,8-9H2,1H3/b3-2-. The molecule has 0 saturated heterocycles. The Kier molecular flexibility index (Phi) is 1.97. The van der Waals surface area contributed by atoms with Gasteiger partial charge < -0.3 is 11.5 Å². The van der Waals surface area contributed by atoms with Crippen LogP contribution in [0.5, 0.6) is 0 Å². The monoisotopic (exact) mass is 154 g/mol. The van der Waals surface area contributed by atoms with Crippen LogP contribution in [0, 0.1) is 6.92 Å². The molecular weight excluding hydrogens is 144 g/mol. The van der Waals surface area contributed by atoms with Crippen LogP contribution in [0.25, 0.3) is 6.08 Å². The summed E-state index contributed by atoms with van der Waals surface area (Å²) in [5.74, 6) is 0. The number of nitrogen functional groups attached to an aromatic ring is 1. The Labute approximate surface area is 64.2 Å². The van der Waals surface area contributed by atoms with Crippen LogP contribution in [-0.4, -0.2) is 0 Å². The van der Waals surface area contributed by atoms with Crippen molar-refractivity contribution in [3.8, 4) is 0 Å². The molecule has 0 radical (unpaired) electrons. The van der Waals surface area contributed by atoms with Crippen LogP contribution in [-0.2, 0) is 0 Å². The van der Waals surface area contributed by atoms with Crippen LogP contribution in [0.3, 0.4) is 0 Å². The van der Waals surface area contributed by atoms with Gasteiger partial charge in [0.05, 0.1) is 5.69 Å². The molecule has 10 heavy (non-hydrogen) atoms. The second kappa shape index (κ2) is 2.75. The van der Waals surface area contributed by atoms with Gasteiger partial charge in [0, 0.05) is 15.8 Å². The quantitative estimate of drug-likeness (QED) is 0.645. The minimum atomic E-state index is 0.840. The Morgan fingerprint density at radius 2 is 2.30 bits per heavy atom. The Balaban J connectivity index is 3.05. The summed E-state index contributed by atoms with van der Waals surface area (Å²) < 4.78 is 0. The minimum Gasteiger partial charge on any atom is -0.405 e. The van der Waals surface area contributed by atoms with Gasteiger partial charge in [0.1, 0.15) is 0 Å². The van der Waals surface area contributed by atoms with Crippen LogP contribution in [0.2, 0.25) is 0 Å². The van der Waals surface area contributed by atoms with E-state index < -0.39 is 0 Å². The second-order valence-corrected chi connectivity index (χ2v) is 3.10. The molecule has 0 unspecified atom stereocenters. The molecule has 0 atom stereocenters. The van der Waals surface area contributed by atoms with Gasteiger partial charge in [-0.15, -0.1) is 11.3 Å². The van der Waals surface area contributed by atoms with E-state index in [0.717, 1.165) is 16.1 Å². The molecule has 0 aliphatic heterocycles. The Bertz CT molecular complexity index is 250. The Hall–Kier alpha value is -0.960. The molecule has 0 bridgehead atoms. The van der Waals surface area contributed by atoms with Gasteiger partial charge in [-0.05, 0) is 19.2 Å². The number of rotatable bonds is 1. The molecule has 1 rings (SSSR count). The second-order valence-electron chi connectivity index (χ2n) is 2.02. The number of aryl methyl sites for hydroxylation is 1. The summed E-state index contributed by atoms with van der Waals surface area (Å²) in [5.41, 5.74) is 12.8. The molecule has 1 aromatic heterocycles. The van der Waals surface area contributed by atoms with Crippen molar-refractivity contribution >= 4 is 23.1 Å². The third-order valence-corrected chi connectivity index (χ3v) is 2.27. The molecule has 0 aromatic carbocycles. The van der Waals surface area contributed by atoms with Gasteiger partial charge in [0.25, 0.3) is 0 Å². The molecule has 54 valence electrons. The van der Waals surface area contributed by atoms with E-state index in [1.54, 1.807) is 17.4 Å². The van der Waals surface area contributed by atoms with Gasteiger partial charge in [0.15, 0.2) is 0 Å². The molecule has 0 aliphatic rings. The van der Waals surface area contributed by atoms with Gasteiger partial charge in [-0.1, -0.05) is 0 Å². The van der Waals surface area contributed by atoms with Crippen molar-refractivity contribution in [1.29, 1.82) is 0 Å². The van der Waals surface area contributed by atoms with Crippen molar-refractivity contribution in [3.05, 3.63) is 22.0 Å². The average molecular weight is 154 g/mol. The van der Waals surface area contributed by atoms with Crippen molar-refractivity contribution in [1.82, 2.24) is 0 Å². The SMILES string of the molecule is Cc1scc(/C=C\N)c1N. The maximum atomic E-state index is 5.69. The Morgan fingerprint density at radius 3 is 2.70 bits per heavy atom. The smallest absolute Gasteiger partial charge is 0.0526 e. The average Bonchev–Trinajstić information content (AvgIpc) is 2.20. The summed E-state index contributed by atoms with van der Waals surface area (Å²) in [4.78, 5) is 1.15. The first-order valence-electron chi connectivity index (χ1n) is 2.97. The normalized spacial score (nSPS) is 10.9. The molecule has 0 saturated carbocycles.